The molecule has 0 radical (unpaired) electrons. The van der Waals surface area contributed by atoms with Gasteiger partial charge in [-0.2, -0.15) is 0 Å². The first kappa shape index (κ1) is 13.9. The average molecular weight is 296 g/mol. The normalized spacial score (nSPS) is 19.1. The zero-order chi connectivity index (χ0) is 15.0. The van der Waals surface area contributed by atoms with Gasteiger partial charge >= 0.3 is 0 Å². The van der Waals surface area contributed by atoms with Gasteiger partial charge in [0.05, 0.1) is 0 Å². The van der Waals surface area contributed by atoms with E-state index >= 15 is 0 Å². The maximum atomic E-state index is 12.9. The summed E-state index contributed by atoms with van der Waals surface area (Å²) in [6.45, 7) is 1.78. The Kier molecular flexibility index (Phi) is 3.45. The van der Waals surface area contributed by atoms with Crippen LogP contribution in [0.25, 0.3) is 0 Å². The molecule has 2 aliphatic rings. The van der Waals surface area contributed by atoms with Gasteiger partial charge < -0.3 is 5.32 Å². The number of hydrogen-bond donors (Lipinski definition) is 1. The van der Waals surface area contributed by atoms with E-state index in [2.05, 4.69) is 22.4 Å². The van der Waals surface area contributed by atoms with Crippen molar-refractivity contribution < 1.29 is 4.39 Å². The Morgan fingerprint density at radius 1 is 1.14 bits per heavy atom. The first-order chi connectivity index (χ1) is 10.8. The highest BCUT2D eigenvalue weighted by atomic mass is 19.1. The van der Waals surface area contributed by atoms with E-state index in [0.29, 0.717) is 11.3 Å². The van der Waals surface area contributed by atoms with Crippen molar-refractivity contribution in [2.45, 2.75) is 43.6 Å². The molecule has 2 nitrogen and oxygen atoms in total. The molecule has 1 N–H and O–H groups in total. The summed E-state index contributed by atoms with van der Waals surface area (Å²) < 4.78 is 12.9. The molecule has 0 bridgehead atoms. The summed E-state index contributed by atoms with van der Waals surface area (Å²) in [5, 5.41) is 3.54. The molecule has 0 saturated heterocycles. The predicted molar refractivity (Wildman–Crippen MR) is 85.2 cm³/mol. The Balaban J connectivity index is 1.39. The fourth-order valence-corrected chi connectivity index (χ4v) is 3.15. The second-order valence-corrected chi connectivity index (χ2v) is 6.75. The average Bonchev–Trinajstić information content (AvgIpc) is 3.44. The lowest BCUT2D eigenvalue weighted by molar-refractivity contribution is 0.572. The SMILES string of the molecule is Fc1ccc(CNCC2(c3ccnc(C4CC4)c3)CC2)cc1. The number of pyridine rings is 1. The topological polar surface area (TPSA) is 24.9 Å². The van der Waals surface area contributed by atoms with Gasteiger partial charge in [0.2, 0.25) is 0 Å². The van der Waals surface area contributed by atoms with Crippen LogP contribution < -0.4 is 5.32 Å². The summed E-state index contributed by atoms with van der Waals surface area (Å²) in [6, 6.07) is 11.2. The summed E-state index contributed by atoms with van der Waals surface area (Å²) in [5.41, 5.74) is 4.15. The molecule has 2 aromatic rings. The summed E-state index contributed by atoms with van der Waals surface area (Å²) in [4.78, 5) is 4.52. The molecule has 1 heterocycles. The summed E-state index contributed by atoms with van der Waals surface area (Å²) in [7, 11) is 0. The Morgan fingerprint density at radius 2 is 1.91 bits per heavy atom. The van der Waals surface area contributed by atoms with Gasteiger partial charge in [-0.1, -0.05) is 12.1 Å². The smallest absolute Gasteiger partial charge is 0.123 e. The second kappa shape index (κ2) is 5.47. The third-order valence-electron chi connectivity index (χ3n) is 4.95. The van der Waals surface area contributed by atoms with E-state index in [1.54, 1.807) is 0 Å². The fraction of sp³-hybridized carbons (Fsp3) is 0.421. The molecule has 0 unspecified atom stereocenters. The van der Waals surface area contributed by atoms with Gasteiger partial charge in [-0.25, -0.2) is 4.39 Å². The summed E-state index contributed by atoms with van der Waals surface area (Å²) in [6.07, 6.45) is 7.07. The van der Waals surface area contributed by atoms with Crippen molar-refractivity contribution in [3.05, 3.63) is 65.2 Å². The van der Waals surface area contributed by atoms with Crippen LogP contribution in [-0.2, 0) is 12.0 Å². The van der Waals surface area contributed by atoms with Crippen LogP contribution in [0.5, 0.6) is 0 Å². The monoisotopic (exact) mass is 296 g/mol. The lowest BCUT2D eigenvalue weighted by atomic mass is 9.95. The zero-order valence-electron chi connectivity index (χ0n) is 12.7. The Bertz CT molecular complexity index is 657. The van der Waals surface area contributed by atoms with E-state index in [-0.39, 0.29) is 5.82 Å². The van der Waals surface area contributed by atoms with Crippen molar-refractivity contribution in [2.24, 2.45) is 0 Å². The Morgan fingerprint density at radius 3 is 2.59 bits per heavy atom. The predicted octanol–water partition coefficient (Wildman–Crippen LogP) is 3.92. The van der Waals surface area contributed by atoms with Crippen LogP contribution in [0.3, 0.4) is 0 Å². The van der Waals surface area contributed by atoms with Gasteiger partial charge in [0.15, 0.2) is 0 Å². The molecular weight excluding hydrogens is 275 g/mol. The third-order valence-corrected chi connectivity index (χ3v) is 4.95. The molecule has 3 heteroatoms. The quantitative estimate of drug-likeness (QED) is 0.874. The molecule has 1 aromatic heterocycles. The highest BCUT2D eigenvalue weighted by Crippen LogP contribution is 2.49. The molecule has 0 amide bonds. The van der Waals surface area contributed by atoms with Crippen molar-refractivity contribution in [1.82, 2.24) is 10.3 Å². The molecule has 2 aliphatic carbocycles. The lowest BCUT2D eigenvalue weighted by Gasteiger charge is -2.17. The van der Waals surface area contributed by atoms with Crippen LogP contribution >= 0.6 is 0 Å². The van der Waals surface area contributed by atoms with Crippen molar-refractivity contribution in [3.8, 4) is 0 Å². The highest BCUT2D eigenvalue weighted by molar-refractivity contribution is 5.34. The van der Waals surface area contributed by atoms with Gasteiger partial charge in [0, 0.05) is 36.3 Å². The van der Waals surface area contributed by atoms with Crippen molar-refractivity contribution in [3.63, 3.8) is 0 Å². The summed E-state index contributed by atoms with van der Waals surface area (Å²) >= 11 is 0. The molecule has 2 fully saturated rings. The van der Waals surface area contributed by atoms with E-state index in [1.807, 2.05) is 18.3 Å². The second-order valence-electron chi connectivity index (χ2n) is 6.75. The van der Waals surface area contributed by atoms with Crippen molar-refractivity contribution >= 4 is 0 Å². The standard InChI is InChI=1S/C19H21FN2/c20-17-5-1-14(2-6-17)12-21-13-19(8-9-19)16-7-10-22-18(11-16)15-3-4-15/h1-2,5-7,10-11,15,21H,3-4,8-9,12-13H2. The van der Waals surface area contributed by atoms with Gasteiger partial charge in [0.25, 0.3) is 0 Å². The largest absolute Gasteiger partial charge is 0.312 e. The molecule has 114 valence electrons. The third kappa shape index (κ3) is 2.91. The minimum atomic E-state index is -0.174. The van der Waals surface area contributed by atoms with E-state index in [4.69, 9.17) is 0 Å². The van der Waals surface area contributed by atoms with Crippen LogP contribution in [0.15, 0.2) is 42.6 Å². The number of benzene rings is 1. The lowest BCUT2D eigenvalue weighted by Crippen LogP contribution is -2.26. The van der Waals surface area contributed by atoms with Crippen LogP contribution in [0.4, 0.5) is 4.39 Å². The van der Waals surface area contributed by atoms with E-state index in [1.165, 1.54) is 49.1 Å². The Labute approximate surface area is 130 Å². The minimum absolute atomic E-state index is 0.174. The first-order valence-electron chi connectivity index (χ1n) is 8.17. The van der Waals surface area contributed by atoms with Crippen molar-refractivity contribution in [1.29, 1.82) is 0 Å². The van der Waals surface area contributed by atoms with Gasteiger partial charge in [-0.3, -0.25) is 4.98 Å². The zero-order valence-corrected chi connectivity index (χ0v) is 12.7. The van der Waals surface area contributed by atoms with Crippen LogP contribution in [0.1, 0.15) is 48.4 Å². The first-order valence-corrected chi connectivity index (χ1v) is 8.17. The molecule has 4 rings (SSSR count). The van der Waals surface area contributed by atoms with E-state index in [0.717, 1.165) is 18.7 Å². The highest BCUT2D eigenvalue weighted by Gasteiger charge is 2.44. The molecule has 2 saturated carbocycles. The minimum Gasteiger partial charge on any atom is -0.312 e. The number of nitrogens with zero attached hydrogens (tertiary/aromatic N) is 1. The number of aromatic nitrogens is 1. The van der Waals surface area contributed by atoms with Crippen LogP contribution in [0.2, 0.25) is 0 Å². The number of nitrogens with one attached hydrogen (secondary N) is 1. The molecule has 22 heavy (non-hydrogen) atoms. The molecule has 1 aromatic carbocycles. The molecule has 0 spiro atoms. The van der Waals surface area contributed by atoms with Crippen molar-refractivity contribution in [2.75, 3.05) is 6.54 Å². The number of rotatable bonds is 6. The molecule has 0 atom stereocenters. The number of hydrogen-bond acceptors (Lipinski definition) is 2. The maximum absolute atomic E-state index is 12.9. The van der Waals surface area contributed by atoms with E-state index in [9.17, 15) is 4.39 Å². The van der Waals surface area contributed by atoms with Gasteiger partial charge in [0.1, 0.15) is 5.82 Å². The van der Waals surface area contributed by atoms with Gasteiger partial charge in [-0.15, -0.1) is 0 Å². The number of halogens is 1. The van der Waals surface area contributed by atoms with Crippen LogP contribution in [-0.4, -0.2) is 11.5 Å². The Hall–Kier alpha value is -1.74. The molecule has 0 aliphatic heterocycles. The molecular formula is C19H21FN2. The van der Waals surface area contributed by atoms with Crippen LogP contribution in [0, 0.1) is 5.82 Å². The van der Waals surface area contributed by atoms with E-state index < -0.39 is 0 Å². The maximum Gasteiger partial charge on any atom is 0.123 e. The fourth-order valence-electron chi connectivity index (χ4n) is 3.15. The van der Waals surface area contributed by atoms with Gasteiger partial charge in [-0.05, 0) is 61.1 Å². The summed E-state index contributed by atoms with van der Waals surface area (Å²) in [5.74, 6) is 0.537.